The lowest BCUT2D eigenvalue weighted by Gasteiger charge is -1.92. The first-order valence-corrected chi connectivity index (χ1v) is 4.02. The summed E-state index contributed by atoms with van der Waals surface area (Å²) in [5, 5.41) is 10.6. The Balaban J connectivity index is 2.99. The van der Waals surface area contributed by atoms with Crippen molar-refractivity contribution < 1.29 is 0 Å². The average molecular weight is 186 g/mol. The number of aliphatic imine (C=N–C) groups is 1. The summed E-state index contributed by atoms with van der Waals surface area (Å²) in [7, 11) is 0. The fourth-order valence-electron chi connectivity index (χ4n) is 0.884. The van der Waals surface area contributed by atoms with Crippen molar-refractivity contribution in [2.45, 2.75) is 0 Å². The van der Waals surface area contributed by atoms with Gasteiger partial charge in [-0.05, 0) is 36.0 Å². The molecule has 0 aliphatic heterocycles. The molecule has 0 bridgehead atoms. The molecule has 0 radical (unpaired) electrons. The van der Waals surface area contributed by atoms with Crippen LogP contribution in [0, 0.1) is 11.3 Å². The highest BCUT2D eigenvalue weighted by Gasteiger charge is 1.89. The summed E-state index contributed by atoms with van der Waals surface area (Å²) in [5.41, 5.74) is 1.67. The number of thiocarbonyl (C=S) groups is 1. The van der Waals surface area contributed by atoms with E-state index in [1.165, 1.54) is 6.08 Å². The van der Waals surface area contributed by atoms with E-state index in [1.807, 2.05) is 30.3 Å². The standard InChI is InChI=1S/C10H6N2S/c11-6-2-4-9-3-1-5-10(7-9)12-8-13/h1-5,7H. The van der Waals surface area contributed by atoms with Crippen molar-refractivity contribution in [1.82, 2.24) is 0 Å². The molecule has 13 heavy (non-hydrogen) atoms. The quantitative estimate of drug-likeness (QED) is 0.404. The van der Waals surface area contributed by atoms with Crippen molar-refractivity contribution in [3.8, 4) is 6.07 Å². The molecule has 0 heterocycles. The average Bonchev–Trinajstić information content (AvgIpc) is 2.16. The number of hydrogen-bond acceptors (Lipinski definition) is 3. The largest absolute Gasteiger partial charge is 0.195 e. The van der Waals surface area contributed by atoms with Gasteiger partial charge in [0.15, 0.2) is 0 Å². The highest BCUT2D eigenvalue weighted by Crippen LogP contribution is 2.14. The maximum Gasteiger partial charge on any atom is 0.0912 e. The second-order valence-corrected chi connectivity index (χ2v) is 2.44. The Morgan fingerprint density at radius 1 is 1.46 bits per heavy atom. The first kappa shape index (κ1) is 9.34. The summed E-state index contributed by atoms with van der Waals surface area (Å²) in [6.07, 6.45) is 3.13. The van der Waals surface area contributed by atoms with Gasteiger partial charge in [0.1, 0.15) is 0 Å². The van der Waals surface area contributed by atoms with Crippen molar-refractivity contribution in [2.75, 3.05) is 0 Å². The maximum atomic E-state index is 8.31. The van der Waals surface area contributed by atoms with Crippen molar-refractivity contribution in [3.05, 3.63) is 35.9 Å². The Kier molecular flexibility index (Phi) is 3.59. The van der Waals surface area contributed by atoms with Gasteiger partial charge < -0.3 is 0 Å². The third kappa shape index (κ3) is 3.00. The van der Waals surface area contributed by atoms with Gasteiger partial charge in [-0.2, -0.15) is 10.3 Å². The molecule has 0 amide bonds. The summed E-state index contributed by atoms with van der Waals surface area (Å²) in [6.45, 7) is 0. The summed E-state index contributed by atoms with van der Waals surface area (Å²) < 4.78 is 0. The van der Waals surface area contributed by atoms with Gasteiger partial charge in [0.2, 0.25) is 0 Å². The number of allylic oxidation sites excluding steroid dienone is 1. The van der Waals surface area contributed by atoms with Gasteiger partial charge >= 0.3 is 0 Å². The normalized spacial score (nSPS) is 9.15. The molecule has 0 atom stereocenters. The molecule has 3 heteroatoms. The zero-order valence-electron chi connectivity index (χ0n) is 6.77. The lowest BCUT2D eigenvalue weighted by molar-refractivity contribution is 1.52. The van der Waals surface area contributed by atoms with Crippen LogP contribution >= 0.6 is 12.2 Å². The zero-order chi connectivity index (χ0) is 9.52. The lowest BCUT2D eigenvalue weighted by Crippen LogP contribution is -1.69. The molecule has 0 spiro atoms. The molecule has 0 unspecified atom stereocenters. The van der Waals surface area contributed by atoms with Gasteiger partial charge in [0.25, 0.3) is 0 Å². The second-order valence-electron chi connectivity index (χ2n) is 2.26. The molecule has 1 aromatic rings. The Morgan fingerprint density at radius 3 is 3.00 bits per heavy atom. The number of nitriles is 1. The molecule has 0 N–H and O–H groups in total. The monoisotopic (exact) mass is 186 g/mol. The first-order chi connectivity index (χ1) is 6.36. The van der Waals surface area contributed by atoms with Crippen LogP contribution in [0.2, 0.25) is 0 Å². The van der Waals surface area contributed by atoms with E-state index in [9.17, 15) is 0 Å². The number of nitrogens with zero attached hydrogens (tertiary/aromatic N) is 2. The van der Waals surface area contributed by atoms with Gasteiger partial charge in [-0.3, -0.25) is 0 Å². The van der Waals surface area contributed by atoms with E-state index in [4.69, 9.17) is 5.26 Å². The van der Waals surface area contributed by atoms with E-state index in [2.05, 4.69) is 22.4 Å². The molecule has 0 aliphatic rings. The molecular weight excluding hydrogens is 180 g/mol. The van der Waals surface area contributed by atoms with Gasteiger partial charge in [0.05, 0.1) is 16.9 Å². The predicted molar refractivity (Wildman–Crippen MR) is 55.8 cm³/mol. The summed E-state index contributed by atoms with van der Waals surface area (Å²) in [4.78, 5) is 3.82. The van der Waals surface area contributed by atoms with E-state index < -0.39 is 0 Å². The highest BCUT2D eigenvalue weighted by molar-refractivity contribution is 7.78. The smallest absolute Gasteiger partial charge is 0.0912 e. The zero-order valence-corrected chi connectivity index (χ0v) is 7.58. The fourth-order valence-corrected chi connectivity index (χ4v) is 0.990. The number of benzene rings is 1. The van der Waals surface area contributed by atoms with Gasteiger partial charge in [-0.25, -0.2) is 0 Å². The van der Waals surface area contributed by atoms with Gasteiger partial charge in [-0.15, -0.1) is 0 Å². The van der Waals surface area contributed by atoms with Crippen LogP contribution in [0.3, 0.4) is 0 Å². The molecule has 1 aromatic carbocycles. The number of rotatable bonds is 2. The van der Waals surface area contributed by atoms with Crippen LogP contribution < -0.4 is 0 Å². The Morgan fingerprint density at radius 2 is 2.31 bits per heavy atom. The van der Waals surface area contributed by atoms with Crippen LogP contribution in [-0.2, 0) is 0 Å². The van der Waals surface area contributed by atoms with E-state index in [-0.39, 0.29) is 0 Å². The number of hydrogen-bond donors (Lipinski definition) is 0. The lowest BCUT2D eigenvalue weighted by atomic mass is 10.2. The minimum Gasteiger partial charge on any atom is -0.195 e. The Bertz CT molecular complexity index is 409. The van der Waals surface area contributed by atoms with Crippen LogP contribution in [0.1, 0.15) is 5.56 Å². The van der Waals surface area contributed by atoms with Crippen LogP contribution in [0.5, 0.6) is 0 Å². The minimum atomic E-state index is 0.745. The third-order valence-corrected chi connectivity index (χ3v) is 1.49. The topological polar surface area (TPSA) is 36.1 Å². The maximum absolute atomic E-state index is 8.31. The molecule has 1 rings (SSSR count). The van der Waals surface area contributed by atoms with Crippen LogP contribution in [0.25, 0.3) is 6.08 Å². The van der Waals surface area contributed by atoms with Crippen molar-refractivity contribution in [2.24, 2.45) is 4.99 Å². The molecule has 0 aliphatic carbocycles. The van der Waals surface area contributed by atoms with Crippen molar-refractivity contribution in [3.63, 3.8) is 0 Å². The number of isothiocyanates is 1. The van der Waals surface area contributed by atoms with Gasteiger partial charge in [0, 0.05) is 6.08 Å². The van der Waals surface area contributed by atoms with Gasteiger partial charge in [-0.1, -0.05) is 12.1 Å². The van der Waals surface area contributed by atoms with Crippen LogP contribution in [0.4, 0.5) is 5.69 Å². The minimum absolute atomic E-state index is 0.745. The van der Waals surface area contributed by atoms with Crippen LogP contribution in [-0.4, -0.2) is 5.16 Å². The second kappa shape index (κ2) is 5.00. The molecule has 0 fully saturated rings. The van der Waals surface area contributed by atoms with E-state index in [0.717, 1.165) is 11.3 Å². The molecule has 62 valence electrons. The van der Waals surface area contributed by atoms with Crippen molar-refractivity contribution in [1.29, 1.82) is 5.26 Å². The molecule has 0 saturated heterocycles. The van der Waals surface area contributed by atoms with Crippen LogP contribution in [0.15, 0.2) is 35.3 Å². The first-order valence-electron chi connectivity index (χ1n) is 3.61. The fraction of sp³-hybridized carbons (Fsp3) is 0. The Hall–Kier alpha value is -1.75. The van der Waals surface area contributed by atoms with E-state index >= 15 is 0 Å². The third-order valence-electron chi connectivity index (χ3n) is 1.40. The van der Waals surface area contributed by atoms with Crippen molar-refractivity contribution >= 4 is 29.1 Å². The molecule has 0 aromatic heterocycles. The summed E-state index contributed by atoms with van der Waals surface area (Å²) in [6, 6.07) is 9.30. The SMILES string of the molecule is N#CC=Cc1cccc(N=C=S)c1. The summed E-state index contributed by atoms with van der Waals surface area (Å²) >= 11 is 4.48. The van der Waals surface area contributed by atoms with E-state index in [1.54, 1.807) is 6.08 Å². The highest BCUT2D eigenvalue weighted by atomic mass is 32.1. The summed E-state index contributed by atoms with van der Waals surface area (Å²) in [5.74, 6) is 0. The molecule has 0 saturated carbocycles. The molecular formula is C10H6N2S. The predicted octanol–water partition coefficient (Wildman–Crippen LogP) is 2.96. The van der Waals surface area contributed by atoms with E-state index in [0.29, 0.717) is 0 Å². The Labute approximate surface area is 81.8 Å². The molecule has 2 nitrogen and oxygen atoms in total.